The number of rotatable bonds is 7. The molecule has 2 aromatic rings. The summed E-state index contributed by atoms with van der Waals surface area (Å²) in [6, 6.07) is 11.2. The summed E-state index contributed by atoms with van der Waals surface area (Å²) in [4.78, 5) is 14.3. The van der Waals surface area contributed by atoms with Crippen LogP contribution in [-0.2, 0) is 0 Å². The minimum absolute atomic E-state index is 0.139. The Kier molecular flexibility index (Phi) is 6.28. The highest BCUT2D eigenvalue weighted by Gasteiger charge is 2.17. The fourth-order valence-electron chi connectivity index (χ4n) is 2.61. The van der Waals surface area contributed by atoms with Gasteiger partial charge in [0.15, 0.2) is 0 Å². The van der Waals surface area contributed by atoms with E-state index >= 15 is 0 Å². The number of hydrogen-bond acceptors (Lipinski definition) is 4. The van der Waals surface area contributed by atoms with Crippen LogP contribution in [0.5, 0.6) is 17.2 Å². The highest BCUT2D eigenvalue weighted by Crippen LogP contribution is 2.25. The number of benzene rings is 2. The number of hydrogen-bond donors (Lipinski definition) is 0. The number of carbonyl (C=O) groups is 1. The number of likely N-dealkylation sites (N-methyl/N-ethyl adjacent to an activating group) is 1. The van der Waals surface area contributed by atoms with Gasteiger partial charge in [0, 0.05) is 7.05 Å². The first-order chi connectivity index (χ1) is 11.9. The average Bonchev–Trinajstić information content (AvgIpc) is 2.59. The standard InChI is InChI=1S/C20H25NO4/c1-14-10-15(2)12-17(11-14)25-9-8-21(3)20(22)18-13-16(23-4)6-7-19(18)24-5/h6-7,10-13H,8-9H2,1-5H3. The first-order valence-corrected chi connectivity index (χ1v) is 8.13. The highest BCUT2D eigenvalue weighted by atomic mass is 16.5. The zero-order valence-electron chi connectivity index (χ0n) is 15.5. The molecule has 5 nitrogen and oxygen atoms in total. The molecule has 0 spiro atoms. The van der Waals surface area contributed by atoms with E-state index in [-0.39, 0.29) is 5.91 Å². The predicted octanol–water partition coefficient (Wildman–Crippen LogP) is 3.47. The molecule has 134 valence electrons. The molecule has 0 atom stereocenters. The van der Waals surface area contributed by atoms with Gasteiger partial charge in [-0.05, 0) is 55.3 Å². The third-order valence-electron chi connectivity index (χ3n) is 3.87. The lowest BCUT2D eigenvalue weighted by atomic mass is 10.1. The van der Waals surface area contributed by atoms with Crippen molar-refractivity contribution >= 4 is 5.91 Å². The minimum Gasteiger partial charge on any atom is -0.497 e. The van der Waals surface area contributed by atoms with E-state index in [1.165, 1.54) is 0 Å². The molecule has 1 amide bonds. The lowest BCUT2D eigenvalue weighted by Gasteiger charge is -2.19. The Morgan fingerprint density at radius 2 is 1.64 bits per heavy atom. The molecular formula is C20H25NO4. The van der Waals surface area contributed by atoms with Crippen molar-refractivity contribution in [2.75, 3.05) is 34.4 Å². The molecule has 0 heterocycles. The molecule has 0 N–H and O–H groups in total. The van der Waals surface area contributed by atoms with Gasteiger partial charge in [-0.2, -0.15) is 0 Å². The Morgan fingerprint density at radius 1 is 0.960 bits per heavy atom. The maximum Gasteiger partial charge on any atom is 0.257 e. The van der Waals surface area contributed by atoms with Gasteiger partial charge in [0.25, 0.3) is 5.91 Å². The number of carbonyl (C=O) groups excluding carboxylic acids is 1. The number of aryl methyl sites for hydroxylation is 2. The minimum atomic E-state index is -0.139. The molecule has 0 bridgehead atoms. The van der Waals surface area contributed by atoms with E-state index in [9.17, 15) is 4.79 Å². The summed E-state index contributed by atoms with van der Waals surface area (Å²) < 4.78 is 16.3. The van der Waals surface area contributed by atoms with E-state index in [4.69, 9.17) is 14.2 Å². The number of nitrogens with zero attached hydrogens (tertiary/aromatic N) is 1. The first-order valence-electron chi connectivity index (χ1n) is 8.13. The second kappa shape index (κ2) is 8.42. The Balaban J connectivity index is 2.00. The normalized spacial score (nSPS) is 10.3. The van der Waals surface area contributed by atoms with Gasteiger partial charge >= 0.3 is 0 Å². The second-order valence-corrected chi connectivity index (χ2v) is 5.96. The molecule has 0 saturated carbocycles. The Bertz CT molecular complexity index is 722. The van der Waals surface area contributed by atoms with E-state index in [1.807, 2.05) is 26.0 Å². The van der Waals surface area contributed by atoms with E-state index in [0.717, 1.165) is 16.9 Å². The molecule has 0 aromatic heterocycles. The van der Waals surface area contributed by atoms with Crippen LogP contribution in [0.15, 0.2) is 36.4 Å². The third kappa shape index (κ3) is 4.89. The SMILES string of the molecule is COc1ccc(OC)c(C(=O)N(C)CCOc2cc(C)cc(C)c2)c1. The summed E-state index contributed by atoms with van der Waals surface area (Å²) in [5.74, 6) is 1.81. The topological polar surface area (TPSA) is 48.0 Å². The van der Waals surface area contributed by atoms with Crippen LogP contribution in [0.4, 0.5) is 0 Å². The molecular weight excluding hydrogens is 318 g/mol. The Morgan fingerprint density at radius 3 is 2.24 bits per heavy atom. The van der Waals surface area contributed by atoms with Crippen molar-refractivity contribution in [1.82, 2.24) is 4.90 Å². The van der Waals surface area contributed by atoms with Crippen LogP contribution in [0.25, 0.3) is 0 Å². The maximum absolute atomic E-state index is 12.7. The summed E-state index contributed by atoms with van der Waals surface area (Å²) in [7, 11) is 4.85. The van der Waals surface area contributed by atoms with Crippen molar-refractivity contribution in [2.45, 2.75) is 13.8 Å². The zero-order chi connectivity index (χ0) is 18.4. The molecule has 0 aliphatic carbocycles. The van der Waals surface area contributed by atoms with Gasteiger partial charge in [0.05, 0.1) is 26.3 Å². The van der Waals surface area contributed by atoms with E-state index in [0.29, 0.717) is 30.2 Å². The van der Waals surface area contributed by atoms with Crippen LogP contribution in [-0.4, -0.2) is 45.2 Å². The molecule has 0 unspecified atom stereocenters. The summed E-state index contributed by atoms with van der Waals surface area (Å²) in [6.07, 6.45) is 0. The monoisotopic (exact) mass is 343 g/mol. The van der Waals surface area contributed by atoms with Crippen LogP contribution in [0.1, 0.15) is 21.5 Å². The Hall–Kier alpha value is -2.69. The van der Waals surface area contributed by atoms with E-state index < -0.39 is 0 Å². The zero-order valence-corrected chi connectivity index (χ0v) is 15.5. The molecule has 0 radical (unpaired) electrons. The lowest BCUT2D eigenvalue weighted by molar-refractivity contribution is 0.0770. The van der Waals surface area contributed by atoms with Crippen LogP contribution in [0.2, 0.25) is 0 Å². The summed E-state index contributed by atoms with van der Waals surface area (Å²) in [5.41, 5.74) is 2.77. The Labute approximate surface area is 149 Å². The lowest BCUT2D eigenvalue weighted by Crippen LogP contribution is -2.31. The quantitative estimate of drug-likeness (QED) is 0.772. The van der Waals surface area contributed by atoms with E-state index in [2.05, 4.69) is 6.07 Å². The van der Waals surface area contributed by atoms with Crippen molar-refractivity contribution in [2.24, 2.45) is 0 Å². The van der Waals surface area contributed by atoms with Crippen LogP contribution in [0.3, 0.4) is 0 Å². The van der Waals surface area contributed by atoms with Gasteiger partial charge in [-0.3, -0.25) is 4.79 Å². The molecule has 0 saturated heterocycles. The number of methoxy groups -OCH3 is 2. The first kappa shape index (κ1) is 18.6. The van der Waals surface area contributed by atoms with Gasteiger partial charge in [0.2, 0.25) is 0 Å². The molecule has 0 aliphatic heterocycles. The second-order valence-electron chi connectivity index (χ2n) is 5.96. The maximum atomic E-state index is 12.7. The molecule has 2 rings (SSSR count). The van der Waals surface area contributed by atoms with E-state index in [1.54, 1.807) is 44.4 Å². The molecule has 0 aliphatic rings. The van der Waals surface area contributed by atoms with Gasteiger partial charge in [-0.1, -0.05) is 6.07 Å². The average molecular weight is 343 g/mol. The smallest absolute Gasteiger partial charge is 0.257 e. The van der Waals surface area contributed by atoms with Gasteiger partial charge in [0.1, 0.15) is 23.9 Å². The van der Waals surface area contributed by atoms with Crippen molar-refractivity contribution in [3.05, 3.63) is 53.1 Å². The highest BCUT2D eigenvalue weighted by molar-refractivity contribution is 5.97. The van der Waals surface area contributed by atoms with Crippen LogP contribution in [0, 0.1) is 13.8 Å². The molecule has 2 aromatic carbocycles. The summed E-state index contributed by atoms with van der Waals surface area (Å²) >= 11 is 0. The third-order valence-corrected chi connectivity index (χ3v) is 3.87. The fraction of sp³-hybridized carbons (Fsp3) is 0.350. The molecule has 25 heavy (non-hydrogen) atoms. The van der Waals surface area contributed by atoms with Crippen molar-refractivity contribution < 1.29 is 19.0 Å². The van der Waals surface area contributed by atoms with Crippen molar-refractivity contribution in [3.63, 3.8) is 0 Å². The number of amides is 1. The summed E-state index contributed by atoms with van der Waals surface area (Å²) in [5, 5.41) is 0. The predicted molar refractivity (Wildman–Crippen MR) is 97.9 cm³/mol. The fourth-order valence-corrected chi connectivity index (χ4v) is 2.61. The van der Waals surface area contributed by atoms with Crippen LogP contribution >= 0.6 is 0 Å². The molecule has 0 fully saturated rings. The molecule has 5 heteroatoms. The van der Waals surface area contributed by atoms with Crippen LogP contribution < -0.4 is 14.2 Å². The van der Waals surface area contributed by atoms with Gasteiger partial charge in [-0.25, -0.2) is 0 Å². The van der Waals surface area contributed by atoms with Gasteiger partial charge < -0.3 is 19.1 Å². The summed E-state index contributed by atoms with van der Waals surface area (Å²) in [6.45, 7) is 4.94. The largest absolute Gasteiger partial charge is 0.497 e. The van der Waals surface area contributed by atoms with Gasteiger partial charge in [-0.15, -0.1) is 0 Å². The number of ether oxygens (including phenoxy) is 3. The van der Waals surface area contributed by atoms with Crippen molar-refractivity contribution in [3.8, 4) is 17.2 Å². The van der Waals surface area contributed by atoms with Crippen molar-refractivity contribution in [1.29, 1.82) is 0 Å².